The highest BCUT2D eigenvalue weighted by Gasteiger charge is 2.26. The van der Waals surface area contributed by atoms with Crippen LogP contribution in [0.15, 0.2) is 49.6 Å². The van der Waals surface area contributed by atoms with Crippen LogP contribution in [0.2, 0.25) is 0 Å². The summed E-state index contributed by atoms with van der Waals surface area (Å²) in [6.45, 7) is 8.70. The average molecular weight is 721 g/mol. The van der Waals surface area contributed by atoms with Crippen LogP contribution < -0.4 is 0 Å². The fourth-order valence-electron chi connectivity index (χ4n) is 3.86. The average Bonchev–Trinajstić information content (AvgIpc) is 3.05. The summed E-state index contributed by atoms with van der Waals surface area (Å²) in [4.78, 5) is 47.8. The highest BCUT2D eigenvalue weighted by molar-refractivity contribution is 8.08. The van der Waals surface area contributed by atoms with Gasteiger partial charge < -0.3 is 14.2 Å². The second kappa shape index (κ2) is 21.8. The van der Waals surface area contributed by atoms with Gasteiger partial charge in [0.1, 0.15) is 25.4 Å². The number of hydrogen-bond acceptors (Lipinski definition) is 14. The molecule has 0 N–H and O–H groups in total. The third-order valence-corrected chi connectivity index (χ3v) is 14.8. The SMILES string of the molecule is C=CC(=O)OC(COC(=O)c1cccc(COOC(SCC2CSCCS2)C(C)OC(=O)C=C)c1)CSCC1CSCCS1. The van der Waals surface area contributed by atoms with Crippen molar-refractivity contribution in [2.75, 3.05) is 58.4 Å². The lowest BCUT2D eigenvalue weighted by Crippen LogP contribution is -2.30. The van der Waals surface area contributed by atoms with Gasteiger partial charge in [0.05, 0.1) is 5.56 Å². The molecule has 0 radical (unpaired) electrons. The third-order valence-electron chi connectivity index (χ3n) is 6.08. The molecule has 2 aliphatic rings. The summed E-state index contributed by atoms with van der Waals surface area (Å²) in [5.41, 5.74) is 0.503. The summed E-state index contributed by atoms with van der Waals surface area (Å²) < 4.78 is 16.4. The maximum absolute atomic E-state index is 12.9. The number of hydrogen-bond donors (Lipinski definition) is 0. The van der Waals surface area contributed by atoms with Crippen LogP contribution in [-0.4, -0.2) is 104 Å². The van der Waals surface area contributed by atoms with Crippen molar-refractivity contribution in [2.45, 2.75) is 41.7 Å². The Labute approximate surface area is 286 Å². The summed E-state index contributed by atoms with van der Waals surface area (Å²) in [5, 5.41) is 1.06. The molecular weight excluding hydrogens is 681 g/mol. The van der Waals surface area contributed by atoms with Crippen LogP contribution >= 0.6 is 70.6 Å². The maximum Gasteiger partial charge on any atom is 0.338 e. The molecule has 2 fully saturated rings. The normalized spacial score (nSPS) is 20.5. The number of rotatable bonds is 19. The summed E-state index contributed by atoms with van der Waals surface area (Å²) in [5.74, 6) is 7.53. The number of esters is 3. The second-order valence-corrected chi connectivity index (χ2v) is 17.0. The molecule has 244 valence electrons. The van der Waals surface area contributed by atoms with Crippen molar-refractivity contribution in [1.29, 1.82) is 0 Å². The van der Waals surface area contributed by atoms with E-state index >= 15 is 0 Å². The minimum absolute atomic E-state index is 0.0557. The van der Waals surface area contributed by atoms with Gasteiger partial charge in [0, 0.05) is 74.4 Å². The Kier molecular flexibility index (Phi) is 18.7. The first-order chi connectivity index (χ1) is 21.4. The first kappa shape index (κ1) is 37.6. The Bertz CT molecular complexity index is 1060. The van der Waals surface area contributed by atoms with Crippen LogP contribution in [0, 0.1) is 0 Å². The van der Waals surface area contributed by atoms with Gasteiger partial charge in [-0.1, -0.05) is 25.3 Å². The van der Waals surface area contributed by atoms with Crippen LogP contribution in [0.3, 0.4) is 0 Å². The molecule has 0 amide bonds. The molecule has 8 nitrogen and oxygen atoms in total. The monoisotopic (exact) mass is 720 g/mol. The largest absolute Gasteiger partial charge is 0.458 e. The summed E-state index contributed by atoms with van der Waals surface area (Å²) in [6, 6.07) is 6.87. The van der Waals surface area contributed by atoms with Gasteiger partial charge >= 0.3 is 17.9 Å². The van der Waals surface area contributed by atoms with Crippen molar-refractivity contribution in [3.63, 3.8) is 0 Å². The molecule has 5 atom stereocenters. The molecule has 2 heterocycles. The van der Waals surface area contributed by atoms with Gasteiger partial charge in [-0.3, -0.25) is 0 Å². The van der Waals surface area contributed by atoms with E-state index in [9.17, 15) is 14.4 Å². The Morgan fingerprint density at radius 2 is 1.66 bits per heavy atom. The van der Waals surface area contributed by atoms with Crippen LogP contribution in [-0.2, 0) is 40.2 Å². The van der Waals surface area contributed by atoms with Gasteiger partial charge in [0.15, 0.2) is 5.44 Å². The van der Waals surface area contributed by atoms with E-state index in [0.29, 0.717) is 27.4 Å². The van der Waals surface area contributed by atoms with Crippen molar-refractivity contribution in [3.8, 4) is 0 Å². The molecule has 1 aromatic carbocycles. The topological polar surface area (TPSA) is 97.4 Å². The number of thioether (sulfide) groups is 6. The zero-order chi connectivity index (χ0) is 31.6. The second-order valence-electron chi connectivity index (χ2n) is 9.64. The molecule has 14 heteroatoms. The minimum Gasteiger partial charge on any atom is -0.458 e. The molecular formula is C30H40O8S6. The van der Waals surface area contributed by atoms with E-state index in [2.05, 4.69) is 13.2 Å². The summed E-state index contributed by atoms with van der Waals surface area (Å²) in [6.07, 6.45) is 1.10. The molecule has 1 aromatic rings. The Balaban J connectivity index is 1.49. The number of carbonyl (C=O) groups is 3. The third kappa shape index (κ3) is 14.7. The molecule has 2 aliphatic heterocycles. The van der Waals surface area contributed by atoms with E-state index in [4.69, 9.17) is 24.0 Å². The first-order valence-electron chi connectivity index (χ1n) is 14.2. The van der Waals surface area contributed by atoms with Gasteiger partial charge in [0.25, 0.3) is 0 Å². The zero-order valence-corrected chi connectivity index (χ0v) is 29.7. The maximum atomic E-state index is 12.9. The van der Waals surface area contributed by atoms with Crippen LogP contribution in [0.4, 0.5) is 0 Å². The van der Waals surface area contributed by atoms with Gasteiger partial charge in [-0.25, -0.2) is 24.2 Å². The van der Waals surface area contributed by atoms with Gasteiger partial charge in [-0.2, -0.15) is 58.8 Å². The van der Waals surface area contributed by atoms with E-state index in [1.165, 1.54) is 5.75 Å². The van der Waals surface area contributed by atoms with Gasteiger partial charge in [-0.15, -0.1) is 11.8 Å². The molecule has 0 spiro atoms. The highest BCUT2D eigenvalue weighted by atomic mass is 32.2. The molecule has 0 saturated carbocycles. The van der Waals surface area contributed by atoms with E-state index in [0.717, 1.165) is 52.4 Å². The number of ether oxygens (including phenoxy) is 3. The van der Waals surface area contributed by atoms with E-state index in [1.807, 2.05) is 53.1 Å². The van der Waals surface area contributed by atoms with Gasteiger partial charge in [0.2, 0.25) is 0 Å². The summed E-state index contributed by atoms with van der Waals surface area (Å²) in [7, 11) is 0. The first-order valence-corrected chi connectivity index (χ1v) is 20.8. The molecule has 44 heavy (non-hydrogen) atoms. The van der Waals surface area contributed by atoms with Crippen LogP contribution in [0.1, 0.15) is 22.8 Å². The lowest BCUT2D eigenvalue weighted by Gasteiger charge is -2.26. The van der Waals surface area contributed by atoms with Crippen molar-refractivity contribution in [3.05, 3.63) is 60.7 Å². The smallest absolute Gasteiger partial charge is 0.338 e. The van der Waals surface area contributed by atoms with Crippen LogP contribution in [0.5, 0.6) is 0 Å². The van der Waals surface area contributed by atoms with E-state index < -0.39 is 35.6 Å². The standard InChI is InChI=1S/C30H40O8S6/c1-4-27(31)36-21(3)30(44-20-26-18-40-10-12-43-26)38-35-14-22-7-6-8-23(13-22)29(33)34-15-24(37-28(32)5-2)16-41-19-25-17-39-9-11-42-25/h4-8,13,21,24-26,30H,1-2,9-12,14-20H2,3H3. The molecule has 3 rings (SSSR count). The quantitative estimate of drug-likeness (QED) is 0.0418. The fourth-order valence-corrected chi connectivity index (χ4v) is 12.2. The van der Waals surface area contributed by atoms with E-state index in [1.54, 1.807) is 48.6 Å². The molecule has 2 saturated heterocycles. The van der Waals surface area contributed by atoms with Crippen molar-refractivity contribution in [2.24, 2.45) is 0 Å². The lowest BCUT2D eigenvalue weighted by molar-refractivity contribution is -0.324. The molecule has 5 unspecified atom stereocenters. The molecule has 0 bridgehead atoms. The van der Waals surface area contributed by atoms with Crippen molar-refractivity contribution in [1.82, 2.24) is 0 Å². The zero-order valence-electron chi connectivity index (χ0n) is 24.8. The van der Waals surface area contributed by atoms with Crippen molar-refractivity contribution < 1.29 is 38.4 Å². The van der Waals surface area contributed by atoms with Crippen LogP contribution in [0.25, 0.3) is 0 Å². The predicted octanol–water partition coefficient (Wildman–Crippen LogP) is 6.00. The number of benzene rings is 1. The summed E-state index contributed by atoms with van der Waals surface area (Å²) >= 11 is 11.1. The Morgan fingerprint density at radius 3 is 2.32 bits per heavy atom. The number of carbonyl (C=O) groups excluding carboxylic acids is 3. The molecule has 0 aliphatic carbocycles. The minimum atomic E-state index is -0.576. The van der Waals surface area contributed by atoms with E-state index in [-0.39, 0.29) is 13.2 Å². The lowest BCUT2D eigenvalue weighted by atomic mass is 10.1. The highest BCUT2D eigenvalue weighted by Crippen LogP contribution is 2.30. The molecule has 0 aromatic heterocycles. The Hall–Kier alpha value is -0.870. The Morgan fingerprint density at radius 1 is 0.977 bits per heavy atom. The predicted molar refractivity (Wildman–Crippen MR) is 189 cm³/mol. The van der Waals surface area contributed by atoms with Gasteiger partial charge in [-0.05, 0) is 24.6 Å². The van der Waals surface area contributed by atoms with Crippen molar-refractivity contribution >= 4 is 88.5 Å². The fraction of sp³-hybridized carbons (Fsp3) is 0.567.